The van der Waals surface area contributed by atoms with Crippen molar-refractivity contribution in [2.24, 2.45) is 5.73 Å². The molecule has 0 saturated heterocycles. The van der Waals surface area contributed by atoms with Gasteiger partial charge in [-0.3, -0.25) is 4.79 Å². The van der Waals surface area contributed by atoms with Crippen LogP contribution in [0.5, 0.6) is 0 Å². The number of amides is 1. The van der Waals surface area contributed by atoms with Crippen LogP contribution in [0.2, 0.25) is 0 Å². The average Bonchev–Trinajstić information content (AvgIpc) is 2.92. The summed E-state index contributed by atoms with van der Waals surface area (Å²) in [6.07, 6.45) is 4.67. The summed E-state index contributed by atoms with van der Waals surface area (Å²) >= 11 is 0. The van der Waals surface area contributed by atoms with Crippen molar-refractivity contribution in [2.45, 2.75) is 38.8 Å². The second-order valence-electron chi connectivity index (χ2n) is 5.42. The molecule has 1 aromatic heterocycles. The molecule has 0 aliphatic heterocycles. The van der Waals surface area contributed by atoms with Gasteiger partial charge in [0.2, 0.25) is 5.91 Å². The molecule has 0 saturated carbocycles. The Morgan fingerprint density at radius 2 is 2.29 bits per heavy atom. The molecule has 2 rings (SSSR count). The highest BCUT2D eigenvalue weighted by Crippen LogP contribution is 2.15. The number of hydrogen-bond acceptors (Lipinski definition) is 4. The van der Waals surface area contributed by atoms with Crippen LogP contribution in [0.3, 0.4) is 0 Å². The molecule has 0 bridgehead atoms. The molecule has 0 spiro atoms. The van der Waals surface area contributed by atoms with E-state index in [4.69, 9.17) is 5.73 Å². The van der Waals surface area contributed by atoms with Crippen LogP contribution in [-0.4, -0.2) is 26.2 Å². The maximum absolute atomic E-state index is 12.2. The lowest BCUT2D eigenvalue weighted by molar-refractivity contribution is -0.120. The van der Waals surface area contributed by atoms with Crippen LogP contribution in [0, 0.1) is 0 Å². The first-order chi connectivity index (χ1) is 10.0. The van der Waals surface area contributed by atoms with Crippen molar-refractivity contribution in [3.8, 4) is 0 Å². The highest BCUT2D eigenvalue weighted by atomic mass is 16.2. The van der Waals surface area contributed by atoms with Crippen molar-refractivity contribution in [3.63, 3.8) is 0 Å². The fourth-order valence-corrected chi connectivity index (χ4v) is 2.16. The van der Waals surface area contributed by atoms with Gasteiger partial charge in [-0.2, -0.15) is 5.10 Å². The van der Waals surface area contributed by atoms with E-state index in [0.29, 0.717) is 13.0 Å². The Hall–Kier alpha value is -2.21. The van der Waals surface area contributed by atoms with Crippen LogP contribution >= 0.6 is 0 Å². The Morgan fingerprint density at radius 3 is 2.95 bits per heavy atom. The van der Waals surface area contributed by atoms with Gasteiger partial charge in [0, 0.05) is 5.69 Å². The van der Waals surface area contributed by atoms with Crippen molar-refractivity contribution in [3.05, 3.63) is 42.5 Å². The number of carbonyl (C=O) groups excluding carboxylic acids is 1. The molecule has 1 aromatic carbocycles. The molecule has 2 aromatic rings. The number of rotatable bonds is 6. The van der Waals surface area contributed by atoms with E-state index in [1.807, 2.05) is 31.2 Å². The van der Waals surface area contributed by atoms with E-state index in [1.54, 1.807) is 17.9 Å². The molecule has 0 aliphatic rings. The lowest BCUT2D eigenvalue weighted by atomic mass is 9.96. The quantitative estimate of drug-likeness (QED) is 0.848. The van der Waals surface area contributed by atoms with Gasteiger partial charge < -0.3 is 11.1 Å². The number of anilines is 1. The van der Waals surface area contributed by atoms with E-state index in [0.717, 1.165) is 17.7 Å². The number of nitrogens with two attached hydrogens (primary N) is 1. The van der Waals surface area contributed by atoms with E-state index in [9.17, 15) is 4.79 Å². The standard InChI is InChI=1S/C15H21N5O/c1-3-7-15(2,16)14(21)19-13-6-4-5-12(8-13)9-20-11-17-10-18-20/h4-6,8,10-11H,3,7,9,16H2,1-2H3,(H,19,21). The van der Waals surface area contributed by atoms with Crippen molar-refractivity contribution in [2.75, 3.05) is 5.32 Å². The van der Waals surface area contributed by atoms with Crippen molar-refractivity contribution in [1.29, 1.82) is 0 Å². The number of aromatic nitrogens is 3. The molecule has 3 N–H and O–H groups in total. The van der Waals surface area contributed by atoms with Gasteiger partial charge in [0.15, 0.2) is 0 Å². The molecular formula is C15H21N5O. The highest BCUT2D eigenvalue weighted by molar-refractivity contribution is 5.97. The lowest BCUT2D eigenvalue weighted by Gasteiger charge is -2.23. The van der Waals surface area contributed by atoms with Gasteiger partial charge in [0.05, 0.1) is 12.1 Å². The van der Waals surface area contributed by atoms with Gasteiger partial charge in [0.1, 0.15) is 12.7 Å². The van der Waals surface area contributed by atoms with Crippen LogP contribution in [0.25, 0.3) is 0 Å². The molecule has 1 heterocycles. The van der Waals surface area contributed by atoms with Crippen molar-refractivity contribution >= 4 is 11.6 Å². The zero-order valence-electron chi connectivity index (χ0n) is 12.4. The van der Waals surface area contributed by atoms with E-state index in [1.165, 1.54) is 6.33 Å². The topological polar surface area (TPSA) is 85.8 Å². The predicted octanol–water partition coefficient (Wildman–Crippen LogP) is 1.78. The zero-order valence-corrected chi connectivity index (χ0v) is 12.4. The Labute approximate surface area is 124 Å². The first-order valence-electron chi connectivity index (χ1n) is 7.03. The summed E-state index contributed by atoms with van der Waals surface area (Å²) in [6, 6.07) is 7.65. The van der Waals surface area contributed by atoms with E-state index >= 15 is 0 Å². The zero-order chi connectivity index (χ0) is 15.3. The van der Waals surface area contributed by atoms with E-state index in [-0.39, 0.29) is 5.91 Å². The minimum Gasteiger partial charge on any atom is -0.324 e. The molecule has 0 aliphatic carbocycles. The van der Waals surface area contributed by atoms with Gasteiger partial charge in [-0.15, -0.1) is 0 Å². The maximum Gasteiger partial charge on any atom is 0.244 e. The van der Waals surface area contributed by atoms with Crippen LogP contribution in [0.15, 0.2) is 36.9 Å². The summed E-state index contributed by atoms with van der Waals surface area (Å²) < 4.78 is 1.73. The van der Waals surface area contributed by atoms with E-state index < -0.39 is 5.54 Å². The number of nitrogens with one attached hydrogen (secondary N) is 1. The number of hydrogen-bond donors (Lipinski definition) is 2. The molecule has 0 radical (unpaired) electrons. The van der Waals surface area contributed by atoms with Crippen LogP contribution in [0.4, 0.5) is 5.69 Å². The molecular weight excluding hydrogens is 266 g/mol. The Kier molecular flexibility index (Phi) is 4.70. The van der Waals surface area contributed by atoms with Gasteiger partial charge in [-0.25, -0.2) is 9.67 Å². The maximum atomic E-state index is 12.2. The molecule has 112 valence electrons. The normalized spacial score (nSPS) is 13.7. The molecule has 1 amide bonds. The lowest BCUT2D eigenvalue weighted by Crippen LogP contribution is -2.48. The largest absolute Gasteiger partial charge is 0.324 e. The summed E-state index contributed by atoms with van der Waals surface area (Å²) in [5.74, 6) is -0.165. The molecule has 0 fully saturated rings. The summed E-state index contributed by atoms with van der Waals surface area (Å²) in [4.78, 5) is 16.1. The monoisotopic (exact) mass is 287 g/mol. The third kappa shape index (κ3) is 4.13. The van der Waals surface area contributed by atoms with Gasteiger partial charge in [-0.05, 0) is 31.0 Å². The fourth-order valence-electron chi connectivity index (χ4n) is 2.16. The fraction of sp³-hybridized carbons (Fsp3) is 0.400. The third-order valence-electron chi connectivity index (χ3n) is 3.28. The summed E-state index contributed by atoms with van der Waals surface area (Å²) in [5, 5.41) is 6.94. The van der Waals surface area contributed by atoms with Crippen LogP contribution in [-0.2, 0) is 11.3 Å². The smallest absolute Gasteiger partial charge is 0.244 e. The average molecular weight is 287 g/mol. The highest BCUT2D eigenvalue weighted by Gasteiger charge is 2.27. The second kappa shape index (κ2) is 6.49. The number of benzene rings is 1. The molecule has 21 heavy (non-hydrogen) atoms. The van der Waals surface area contributed by atoms with Crippen LogP contribution in [0.1, 0.15) is 32.3 Å². The number of nitrogens with zero attached hydrogens (tertiary/aromatic N) is 3. The Morgan fingerprint density at radius 1 is 1.48 bits per heavy atom. The van der Waals surface area contributed by atoms with Gasteiger partial charge >= 0.3 is 0 Å². The minimum atomic E-state index is -0.851. The van der Waals surface area contributed by atoms with Gasteiger partial charge in [0.25, 0.3) is 0 Å². The predicted molar refractivity (Wildman–Crippen MR) is 81.7 cm³/mol. The van der Waals surface area contributed by atoms with Crippen molar-refractivity contribution < 1.29 is 4.79 Å². The summed E-state index contributed by atoms with van der Waals surface area (Å²) in [6.45, 7) is 4.38. The van der Waals surface area contributed by atoms with Gasteiger partial charge in [-0.1, -0.05) is 25.5 Å². The Bertz CT molecular complexity index is 592. The summed E-state index contributed by atoms with van der Waals surface area (Å²) in [5.41, 5.74) is 6.96. The minimum absolute atomic E-state index is 0.165. The molecule has 6 heteroatoms. The Balaban J connectivity index is 2.06. The van der Waals surface area contributed by atoms with Crippen LogP contribution < -0.4 is 11.1 Å². The third-order valence-corrected chi connectivity index (χ3v) is 3.28. The molecule has 1 unspecified atom stereocenters. The first kappa shape index (κ1) is 15.2. The van der Waals surface area contributed by atoms with E-state index in [2.05, 4.69) is 15.4 Å². The first-order valence-corrected chi connectivity index (χ1v) is 7.03. The SMILES string of the molecule is CCCC(C)(N)C(=O)Nc1cccc(Cn2cncn2)c1. The van der Waals surface area contributed by atoms with Crippen molar-refractivity contribution in [1.82, 2.24) is 14.8 Å². The summed E-state index contributed by atoms with van der Waals surface area (Å²) in [7, 11) is 0. The number of carbonyl (C=O) groups is 1. The molecule has 6 nitrogen and oxygen atoms in total. The second-order valence-corrected chi connectivity index (χ2v) is 5.42. The molecule has 1 atom stereocenters.